The summed E-state index contributed by atoms with van der Waals surface area (Å²) in [5.41, 5.74) is 0.246. The van der Waals surface area contributed by atoms with E-state index in [4.69, 9.17) is 32.7 Å². The summed E-state index contributed by atoms with van der Waals surface area (Å²) in [5.74, 6) is -2.04. The van der Waals surface area contributed by atoms with Crippen LogP contribution < -0.4 is 14.2 Å². The lowest BCUT2D eigenvalue weighted by molar-refractivity contribution is -0.605. The quantitative estimate of drug-likeness (QED) is 0.140. The molecule has 2 fully saturated rings. The van der Waals surface area contributed by atoms with Crippen LogP contribution in [0.1, 0.15) is 40.4 Å². The number of aromatic nitrogens is 1. The number of carbonyl (C=O) groups excluding carboxylic acids is 1. The highest BCUT2D eigenvalue weighted by molar-refractivity contribution is 8.02. The van der Waals surface area contributed by atoms with Crippen molar-refractivity contribution >= 4 is 56.9 Å². The van der Waals surface area contributed by atoms with Crippen molar-refractivity contribution in [1.82, 2.24) is 4.31 Å². The molecular formula is C29H26Cl2F2N2O9S2. The normalized spacial score (nSPS) is 17.5. The minimum absolute atomic E-state index is 0.0221. The number of sulfonamides is 1. The van der Waals surface area contributed by atoms with Crippen LogP contribution in [0.3, 0.4) is 0 Å². The van der Waals surface area contributed by atoms with Crippen LogP contribution >= 0.6 is 35.0 Å². The molecule has 0 amide bonds. The number of hydrogen-bond acceptors (Lipinski definition) is 9. The Balaban J connectivity index is 1.48. The molecule has 5 rings (SSSR count). The van der Waals surface area contributed by atoms with E-state index in [1.165, 1.54) is 36.4 Å². The first-order valence-corrected chi connectivity index (χ1v) is 17.0. The average molecular weight is 720 g/mol. The van der Waals surface area contributed by atoms with Crippen molar-refractivity contribution in [2.45, 2.75) is 42.2 Å². The highest BCUT2D eigenvalue weighted by Crippen LogP contribution is 2.39. The number of carbonyl (C=O) groups is 2. The van der Waals surface area contributed by atoms with Crippen LogP contribution in [0.2, 0.25) is 10.0 Å². The van der Waals surface area contributed by atoms with Gasteiger partial charge < -0.3 is 24.5 Å². The molecule has 1 aliphatic carbocycles. The van der Waals surface area contributed by atoms with Gasteiger partial charge in [-0.3, -0.25) is 0 Å². The summed E-state index contributed by atoms with van der Waals surface area (Å²) in [7, 11) is -4.34. The molecule has 0 radical (unpaired) electrons. The Labute approximate surface area is 276 Å². The number of hydrogen-bond donors (Lipinski definition) is 1. The Morgan fingerprint density at radius 1 is 1.11 bits per heavy atom. The molecular weight excluding hydrogens is 693 g/mol. The first-order valence-electron chi connectivity index (χ1n) is 13.8. The average Bonchev–Trinajstić information content (AvgIpc) is 3.69. The van der Waals surface area contributed by atoms with Crippen LogP contribution in [-0.4, -0.2) is 60.7 Å². The van der Waals surface area contributed by atoms with Crippen molar-refractivity contribution in [3.05, 3.63) is 86.8 Å². The second kappa shape index (κ2) is 14.2. The van der Waals surface area contributed by atoms with Crippen LogP contribution in [0.5, 0.6) is 11.5 Å². The molecule has 2 unspecified atom stereocenters. The number of alkyl halides is 2. The lowest BCUT2D eigenvalue weighted by atomic mass is 10.0. The van der Waals surface area contributed by atoms with Crippen molar-refractivity contribution in [1.29, 1.82) is 0 Å². The number of carboxylic acid groups (broad SMARTS) is 1. The van der Waals surface area contributed by atoms with Gasteiger partial charge in [-0.15, -0.1) is 11.8 Å². The molecule has 0 spiro atoms. The van der Waals surface area contributed by atoms with E-state index in [1.807, 2.05) is 0 Å². The van der Waals surface area contributed by atoms with E-state index in [0.717, 1.165) is 47.4 Å². The van der Waals surface area contributed by atoms with E-state index in [2.05, 4.69) is 4.74 Å². The lowest BCUT2D eigenvalue weighted by Crippen LogP contribution is -2.40. The molecule has 246 valence electrons. The molecule has 2 heterocycles. The maximum absolute atomic E-state index is 13.7. The monoisotopic (exact) mass is 718 g/mol. The van der Waals surface area contributed by atoms with Gasteiger partial charge in [-0.2, -0.15) is 17.8 Å². The molecule has 17 heteroatoms. The fourth-order valence-electron chi connectivity index (χ4n) is 4.67. The molecule has 11 nitrogen and oxygen atoms in total. The third-order valence-corrected chi connectivity index (χ3v) is 11.0. The van der Waals surface area contributed by atoms with Gasteiger partial charge in [0.25, 0.3) is 0 Å². The fourth-order valence-corrected chi connectivity index (χ4v) is 8.36. The Hall–Kier alpha value is -3.37. The summed E-state index contributed by atoms with van der Waals surface area (Å²) < 4.78 is 71.0. The molecule has 2 atom stereocenters. The van der Waals surface area contributed by atoms with Crippen LogP contribution in [0.4, 0.5) is 8.78 Å². The summed E-state index contributed by atoms with van der Waals surface area (Å²) in [4.78, 5) is 24.8. The number of aromatic carboxylic acids is 1. The summed E-state index contributed by atoms with van der Waals surface area (Å²) in [6.07, 6.45) is 2.56. The standard InChI is InChI=1S/C29H26Cl2F2N2O9S2/c30-21-13-34(39)14-22(31)20(21)12-24(17-6-7-23(44-29(32)33)25(11-17)42-15-16-4-5-16)43-28(38)26-35(8-9-45-26)46(40,41)19-3-1-2-18(10-19)27(36)37/h1-3,6-7,10-11,13-14,16,24,26,29H,4-5,8-9,12,15H2,(H,36,37). The number of halogens is 4. The number of nitrogens with zero attached hydrogens (tertiary/aromatic N) is 2. The summed E-state index contributed by atoms with van der Waals surface area (Å²) in [6, 6.07) is 8.75. The maximum atomic E-state index is 13.7. The van der Waals surface area contributed by atoms with E-state index >= 15 is 0 Å². The molecule has 3 aromatic rings. The predicted octanol–water partition coefficient (Wildman–Crippen LogP) is 5.31. The third kappa shape index (κ3) is 7.94. The van der Waals surface area contributed by atoms with Gasteiger partial charge in [0.05, 0.1) is 17.1 Å². The smallest absolute Gasteiger partial charge is 0.387 e. The van der Waals surface area contributed by atoms with Crippen LogP contribution in [0.25, 0.3) is 0 Å². The minimum atomic E-state index is -4.34. The number of benzene rings is 2. The number of rotatable bonds is 13. The number of pyridine rings is 1. The van der Waals surface area contributed by atoms with E-state index in [0.29, 0.717) is 4.73 Å². The van der Waals surface area contributed by atoms with Gasteiger partial charge in [-0.1, -0.05) is 35.3 Å². The molecule has 2 aliphatic rings. The fraction of sp³-hybridized carbons (Fsp3) is 0.345. The van der Waals surface area contributed by atoms with Crippen molar-refractivity contribution in [3.63, 3.8) is 0 Å². The summed E-state index contributed by atoms with van der Waals surface area (Å²) >= 11 is 13.6. The Morgan fingerprint density at radius 3 is 2.48 bits per heavy atom. The van der Waals surface area contributed by atoms with Crippen molar-refractivity contribution in [2.24, 2.45) is 5.92 Å². The summed E-state index contributed by atoms with van der Waals surface area (Å²) in [6.45, 7) is -2.94. The third-order valence-electron chi connectivity index (χ3n) is 7.17. The molecule has 46 heavy (non-hydrogen) atoms. The van der Waals surface area contributed by atoms with Crippen LogP contribution in [0.15, 0.2) is 59.8 Å². The lowest BCUT2D eigenvalue weighted by Gasteiger charge is -2.26. The first kappa shape index (κ1) is 34.0. The zero-order chi connectivity index (χ0) is 33.2. The number of ether oxygens (including phenoxy) is 3. The Kier molecular flexibility index (Phi) is 10.5. The van der Waals surface area contributed by atoms with Crippen molar-refractivity contribution in [3.8, 4) is 11.5 Å². The highest BCUT2D eigenvalue weighted by Gasteiger charge is 2.42. The van der Waals surface area contributed by atoms with Gasteiger partial charge in [0.1, 0.15) is 16.1 Å². The molecule has 0 bridgehead atoms. The van der Waals surface area contributed by atoms with E-state index < -0.39 is 40.1 Å². The van der Waals surface area contributed by atoms with Gasteiger partial charge in [-0.25, -0.2) is 18.0 Å². The van der Waals surface area contributed by atoms with Gasteiger partial charge in [0, 0.05) is 24.3 Å². The van der Waals surface area contributed by atoms with Crippen LogP contribution in [0, 0.1) is 11.1 Å². The largest absolute Gasteiger partial charge is 0.619 e. The minimum Gasteiger partial charge on any atom is -0.619 e. The van der Waals surface area contributed by atoms with E-state index in [1.54, 1.807) is 0 Å². The van der Waals surface area contributed by atoms with Gasteiger partial charge >= 0.3 is 18.6 Å². The molecule has 1 saturated carbocycles. The molecule has 2 aromatic carbocycles. The zero-order valence-corrected chi connectivity index (χ0v) is 26.8. The number of thioether (sulfide) groups is 1. The highest BCUT2D eigenvalue weighted by atomic mass is 35.5. The molecule has 1 aromatic heterocycles. The second-order valence-corrected chi connectivity index (χ2v) is 14.3. The van der Waals surface area contributed by atoms with Gasteiger partial charge in [0.2, 0.25) is 10.0 Å². The molecule has 1 N–H and O–H groups in total. The van der Waals surface area contributed by atoms with Crippen LogP contribution in [-0.2, 0) is 26.0 Å². The Morgan fingerprint density at radius 2 is 1.83 bits per heavy atom. The van der Waals surface area contributed by atoms with E-state index in [9.17, 15) is 37.1 Å². The van der Waals surface area contributed by atoms with Crippen molar-refractivity contribution < 1.29 is 50.8 Å². The summed E-state index contributed by atoms with van der Waals surface area (Å²) in [5, 5.41) is 19.8. The van der Waals surface area contributed by atoms with Gasteiger partial charge in [0.15, 0.2) is 29.3 Å². The Bertz CT molecular complexity index is 1720. The van der Waals surface area contributed by atoms with E-state index in [-0.39, 0.29) is 74.4 Å². The zero-order valence-electron chi connectivity index (χ0n) is 23.7. The SMILES string of the molecule is O=C(O)c1cccc(S(=O)(=O)N2CCSC2C(=O)OC(Cc2c(Cl)c[n+]([O-])cc2Cl)c2ccc(OC(F)F)c(OCC3CC3)c2)c1. The van der Waals surface area contributed by atoms with Gasteiger partial charge in [-0.05, 0) is 54.7 Å². The second-order valence-electron chi connectivity index (χ2n) is 10.4. The molecule has 1 aliphatic heterocycles. The predicted molar refractivity (Wildman–Crippen MR) is 163 cm³/mol. The first-order chi connectivity index (χ1) is 21.8. The topological polar surface area (TPSA) is 146 Å². The maximum Gasteiger partial charge on any atom is 0.387 e. The number of carboxylic acids is 1. The molecule has 1 saturated heterocycles. The van der Waals surface area contributed by atoms with Crippen molar-refractivity contribution in [2.75, 3.05) is 18.9 Å². The number of esters is 1.